The smallest absolute Gasteiger partial charge is 0.269 e. The number of nitrogens with one attached hydrogen (secondary N) is 1. The van der Waals surface area contributed by atoms with Crippen molar-refractivity contribution in [3.63, 3.8) is 0 Å². The second-order valence-electron chi connectivity index (χ2n) is 3.41. The third-order valence-corrected chi connectivity index (χ3v) is 3.60. The molecule has 1 aromatic rings. The fourth-order valence-corrected chi connectivity index (χ4v) is 2.29. The maximum atomic E-state index is 11.7. The zero-order valence-electron chi connectivity index (χ0n) is 9.19. The Morgan fingerprint density at radius 1 is 1.33 bits per heavy atom. The van der Waals surface area contributed by atoms with Gasteiger partial charge in [-0.15, -0.1) is 0 Å². The molecular formula is C9H9N2O6S-. The lowest BCUT2D eigenvalue weighted by atomic mass is 10.3. The summed E-state index contributed by atoms with van der Waals surface area (Å²) >= 11 is 0. The summed E-state index contributed by atoms with van der Waals surface area (Å²) in [7, 11) is -4.04. The van der Waals surface area contributed by atoms with Crippen LogP contribution in [0.15, 0.2) is 29.2 Å². The molecule has 0 heterocycles. The highest BCUT2D eigenvalue weighted by atomic mass is 32.2. The molecule has 0 bridgehead atoms. The summed E-state index contributed by atoms with van der Waals surface area (Å²) in [5.74, 6) is -1.57. The summed E-state index contributed by atoms with van der Waals surface area (Å²) in [5.41, 5.74) is -0.262. The van der Waals surface area contributed by atoms with Gasteiger partial charge in [0.2, 0.25) is 10.0 Å². The van der Waals surface area contributed by atoms with Crippen LogP contribution in [0, 0.1) is 10.1 Å². The van der Waals surface area contributed by atoms with E-state index in [9.17, 15) is 28.4 Å². The van der Waals surface area contributed by atoms with Crippen molar-refractivity contribution < 1.29 is 23.2 Å². The van der Waals surface area contributed by atoms with Crippen molar-refractivity contribution in [3.8, 4) is 0 Å². The van der Waals surface area contributed by atoms with E-state index < -0.39 is 27.0 Å². The average molecular weight is 273 g/mol. The summed E-state index contributed by atoms with van der Waals surface area (Å²) < 4.78 is 25.2. The second-order valence-corrected chi connectivity index (χ2v) is 5.13. The first-order chi connectivity index (χ1) is 8.24. The molecule has 0 spiro atoms. The number of carboxylic acid groups (broad SMARTS) is 1. The zero-order chi connectivity index (χ0) is 13.9. The maximum absolute atomic E-state index is 11.7. The van der Waals surface area contributed by atoms with Crippen molar-refractivity contribution in [1.29, 1.82) is 0 Å². The van der Waals surface area contributed by atoms with Crippen LogP contribution in [0.2, 0.25) is 0 Å². The number of hydrogen-bond acceptors (Lipinski definition) is 6. The quantitative estimate of drug-likeness (QED) is 0.541. The normalized spacial score (nSPS) is 12.9. The van der Waals surface area contributed by atoms with Crippen LogP contribution in [0.4, 0.5) is 5.69 Å². The second kappa shape index (κ2) is 5.10. The van der Waals surface area contributed by atoms with Crippen LogP contribution in [-0.4, -0.2) is 25.4 Å². The van der Waals surface area contributed by atoms with E-state index in [-0.39, 0.29) is 10.6 Å². The van der Waals surface area contributed by atoms with Gasteiger partial charge in [-0.25, -0.2) is 13.1 Å². The molecule has 1 N–H and O–H groups in total. The zero-order valence-corrected chi connectivity index (χ0v) is 10.0. The third-order valence-electron chi connectivity index (χ3n) is 2.04. The fourth-order valence-electron chi connectivity index (χ4n) is 1.10. The van der Waals surface area contributed by atoms with E-state index in [4.69, 9.17) is 0 Å². The molecule has 0 aliphatic rings. The number of sulfonamides is 1. The minimum Gasteiger partial charge on any atom is -0.548 e. The molecule has 1 atom stereocenters. The molecule has 1 aromatic carbocycles. The van der Waals surface area contributed by atoms with E-state index in [1.807, 2.05) is 4.72 Å². The van der Waals surface area contributed by atoms with Crippen molar-refractivity contribution in [3.05, 3.63) is 34.4 Å². The van der Waals surface area contributed by atoms with E-state index >= 15 is 0 Å². The van der Waals surface area contributed by atoms with Gasteiger partial charge in [-0.1, -0.05) is 0 Å². The van der Waals surface area contributed by atoms with Gasteiger partial charge in [0.25, 0.3) is 5.69 Å². The first-order valence-electron chi connectivity index (χ1n) is 4.71. The van der Waals surface area contributed by atoms with E-state index in [0.717, 1.165) is 31.2 Å². The molecule has 9 heteroatoms. The number of rotatable bonds is 5. The SMILES string of the molecule is C[C@@H](NS(=O)(=O)c1ccc([N+](=O)[O-])cc1)C(=O)[O-]. The summed E-state index contributed by atoms with van der Waals surface area (Å²) in [6, 6.07) is 2.66. The lowest BCUT2D eigenvalue weighted by Crippen LogP contribution is -2.45. The Hall–Kier alpha value is -2.00. The minimum atomic E-state index is -4.04. The van der Waals surface area contributed by atoms with Gasteiger partial charge in [-0.2, -0.15) is 0 Å². The number of aliphatic carboxylic acids is 1. The fraction of sp³-hybridized carbons (Fsp3) is 0.222. The molecule has 0 saturated carbocycles. The van der Waals surface area contributed by atoms with Gasteiger partial charge in [-0.05, 0) is 19.1 Å². The molecule has 0 aliphatic carbocycles. The Morgan fingerprint density at radius 3 is 2.22 bits per heavy atom. The summed E-state index contributed by atoms with van der Waals surface area (Å²) in [6.07, 6.45) is 0. The summed E-state index contributed by atoms with van der Waals surface area (Å²) in [4.78, 5) is 19.9. The van der Waals surface area contributed by atoms with Crippen LogP contribution < -0.4 is 9.83 Å². The van der Waals surface area contributed by atoms with Crippen LogP contribution >= 0.6 is 0 Å². The number of nitro groups is 1. The molecule has 0 radical (unpaired) electrons. The van der Waals surface area contributed by atoms with Gasteiger partial charge in [0.15, 0.2) is 0 Å². The lowest BCUT2D eigenvalue weighted by molar-refractivity contribution is -0.384. The highest BCUT2D eigenvalue weighted by Crippen LogP contribution is 2.15. The Bertz CT molecular complexity index is 565. The summed E-state index contributed by atoms with van der Waals surface area (Å²) in [5, 5.41) is 20.8. The lowest BCUT2D eigenvalue weighted by Gasteiger charge is -2.14. The van der Waals surface area contributed by atoms with Gasteiger partial charge in [0, 0.05) is 12.1 Å². The Kier molecular flexibility index (Phi) is 3.99. The number of benzene rings is 1. The predicted molar refractivity (Wildman–Crippen MR) is 57.9 cm³/mol. The minimum absolute atomic E-state index is 0.262. The van der Waals surface area contributed by atoms with Crippen molar-refractivity contribution in [2.24, 2.45) is 0 Å². The molecule has 0 fully saturated rings. The first kappa shape index (κ1) is 14.1. The number of carboxylic acids is 1. The van der Waals surface area contributed by atoms with Crippen molar-refractivity contribution in [1.82, 2.24) is 4.72 Å². The highest BCUT2D eigenvalue weighted by molar-refractivity contribution is 7.89. The molecule has 1 rings (SSSR count). The van der Waals surface area contributed by atoms with E-state index in [1.165, 1.54) is 0 Å². The predicted octanol–water partition coefficient (Wildman–Crippen LogP) is -0.988. The number of non-ortho nitro benzene ring substituents is 1. The number of hydrogen-bond donors (Lipinski definition) is 1. The number of carbonyl (C=O) groups is 1. The van der Waals surface area contributed by atoms with Crippen LogP contribution in [0.3, 0.4) is 0 Å². The van der Waals surface area contributed by atoms with E-state index in [0.29, 0.717) is 0 Å². The standard InChI is InChI=1S/C9H10N2O6S/c1-6(9(12)13)10-18(16,17)8-4-2-7(3-5-8)11(14)15/h2-6,10H,1H3,(H,12,13)/p-1/t6-/m1/s1. The third kappa shape index (κ3) is 3.25. The average Bonchev–Trinajstić information content (AvgIpc) is 2.28. The van der Waals surface area contributed by atoms with Crippen LogP contribution in [0.1, 0.15) is 6.92 Å². The van der Waals surface area contributed by atoms with Crippen LogP contribution in [-0.2, 0) is 14.8 Å². The van der Waals surface area contributed by atoms with E-state index in [2.05, 4.69) is 0 Å². The molecule has 0 aliphatic heterocycles. The molecule has 98 valence electrons. The first-order valence-corrected chi connectivity index (χ1v) is 6.20. The largest absolute Gasteiger partial charge is 0.548 e. The summed E-state index contributed by atoms with van der Waals surface area (Å²) in [6.45, 7) is 1.11. The van der Waals surface area contributed by atoms with Gasteiger partial charge in [0.05, 0.1) is 21.8 Å². The van der Waals surface area contributed by atoms with Gasteiger partial charge >= 0.3 is 0 Å². The Labute approximate surface area is 102 Å². The van der Waals surface area contributed by atoms with E-state index in [1.54, 1.807) is 0 Å². The number of nitrogens with zero attached hydrogens (tertiary/aromatic N) is 1. The highest BCUT2D eigenvalue weighted by Gasteiger charge is 2.18. The molecule has 18 heavy (non-hydrogen) atoms. The monoisotopic (exact) mass is 273 g/mol. The molecule has 0 amide bonds. The molecule has 0 aromatic heterocycles. The molecule has 0 unspecified atom stereocenters. The van der Waals surface area contributed by atoms with Crippen LogP contribution in [0.25, 0.3) is 0 Å². The number of carbonyl (C=O) groups excluding carboxylic acids is 1. The van der Waals surface area contributed by atoms with Crippen molar-refractivity contribution in [2.75, 3.05) is 0 Å². The van der Waals surface area contributed by atoms with Crippen molar-refractivity contribution >= 4 is 21.7 Å². The molecule has 0 saturated heterocycles. The van der Waals surface area contributed by atoms with Crippen LogP contribution in [0.5, 0.6) is 0 Å². The Balaban J connectivity index is 2.99. The number of nitro benzene ring substituents is 1. The molecule has 8 nitrogen and oxygen atoms in total. The topological polar surface area (TPSA) is 129 Å². The maximum Gasteiger partial charge on any atom is 0.269 e. The van der Waals surface area contributed by atoms with Crippen molar-refractivity contribution in [2.45, 2.75) is 17.9 Å². The Morgan fingerprint density at radius 2 is 1.83 bits per heavy atom. The van der Waals surface area contributed by atoms with Gasteiger partial charge in [-0.3, -0.25) is 10.1 Å². The van der Waals surface area contributed by atoms with Gasteiger partial charge < -0.3 is 9.90 Å². The van der Waals surface area contributed by atoms with Gasteiger partial charge in [0.1, 0.15) is 0 Å². The molecular weight excluding hydrogens is 264 g/mol.